The van der Waals surface area contributed by atoms with E-state index in [2.05, 4.69) is 26.1 Å². The predicted molar refractivity (Wildman–Crippen MR) is 114 cm³/mol. The monoisotopic (exact) mass is 409 g/mol. The lowest BCUT2D eigenvalue weighted by atomic mass is 10.0. The fraction of sp³-hybridized carbons (Fsp3) is 0.238. The summed E-state index contributed by atoms with van der Waals surface area (Å²) in [4.78, 5) is 24.9. The zero-order valence-electron chi connectivity index (χ0n) is 16.3. The Morgan fingerprint density at radius 1 is 0.966 bits per heavy atom. The third-order valence-electron chi connectivity index (χ3n) is 4.21. The topological polar surface area (TPSA) is 96.0 Å². The Morgan fingerprint density at radius 2 is 1.62 bits per heavy atom. The molecule has 0 fully saturated rings. The minimum atomic E-state index is -0.699. The molecule has 0 saturated carbocycles. The maximum atomic E-state index is 12.7. The Balaban J connectivity index is 1.58. The average Bonchev–Trinajstić information content (AvgIpc) is 3.20. The number of hydrogen-bond acceptors (Lipinski definition) is 5. The summed E-state index contributed by atoms with van der Waals surface area (Å²) in [7, 11) is 0. The van der Waals surface area contributed by atoms with Gasteiger partial charge in [-0.15, -0.1) is 10.2 Å². The third-order valence-corrected chi connectivity index (χ3v) is 5.10. The van der Waals surface area contributed by atoms with Crippen molar-refractivity contribution in [1.29, 1.82) is 0 Å². The Labute approximate surface area is 173 Å². The van der Waals surface area contributed by atoms with Gasteiger partial charge in [0.25, 0.3) is 0 Å². The van der Waals surface area contributed by atoms with E-state index in [1.807, 2.05) is 74.5 Å². The number of nitrogens with zero attached hydrogens (tertiary/aromatic N) is 2. The third kappa shape index (κ3) is 5.86. The van der Waals surface area contributed by atoms with Crippen LogP contribution in [-0.2, 0) is 11.3 Å². The molecule has 29 heavy (non-hydrogen) atoms. The van der Waals surface area contributed by atoms with E-state index in [1.54, 1.807) is 0 Å². The van der Waals surface area contributed by atoms with Gasteiger partial charge >= 0.3 is 6.03 Å². The Hall–Kier alpha value is -3.26. The van der Waals surface area contributed by atoms with Gasteiger partial charge in [0.1, 0.15) is 11.0 Å². The fourth-order valence-electron chi connectivity index (χ4n) is 2.66. The molecule has 0 aliphatic carbocycles. The second kappa shape index (κ2) is 9.79. The highest BCUT2D eigenvalue weighted by molar-refractivity contribution is 7.18. The molecule has 1 unspecified atom stereocenters. The van der Waals surface area contributed by atoms with E-state index in [1.165, 1.54) is 11.3 Å². The molecule has 3 amide bonds. The first-order valence-electron chi connectivity index (χ1n) is 9.31. The van der Waals surface area contributed by atoms with Crippen molar-refractivity contribution in [2.24, 2.45) is 5.92 Å². The number of nitrogens with one attached hydrogen (secondary N) is 3. The van der Waals surface area contributed by atoms with Crippen molar-refractivity contribution in [3.8, 4) is 10.6 Å². The first-order chi connectivity index (χ1) is 14.0. The van der Waals surface area contributed by atoms with Crippen LogP contribution in [0.3, 0.4) is 0 Å². The van der Waals surface area contributed by atoms with Crippen LogP contribution in [0, 0.1) is 5.92 Å². The van der Waals surface area contributed by atoms with E-state index < -0.39 is 12.1 Å². The summed E-state index contributed by atoms with van der Waals surface area (Å²) in [5, 5.41) is 17.5. The molecule has 0 spiro atoms. The Kier molecular flexibility index (Phi) is 6.91. The summed E-state index contributed by atoms with van der Waals surface area (Å²) >= 11 is 1.29. The molecule has 8 heteroatoms. The molecule has 3 N–H and O–H groups in total. The van der Waals surface area contributed by atoms with Gasteiger partial charge in [-0.2, -0.15) is 0 Å². The van der Waals surface area contributed by atoms with Crippen LogP contribution in [0.2, 0.25) is 0 Å². The molecule has 7 nitrogen and oxygen atoms in total. The van der Waals surface area contributed by atoms with Gasteiger partial charge < -0.3 is 10.6 Å². The number of urea groups is 1. The number of carbonyl (C=O) groups excluding carboxylic acids is 2. The van der Waals surface area contributed by atoms with E-state index in [-0.39, 0.29) is 11.8 Å². The molecule has 0 aliphatic heterocycles. The zero-order valence-corrected chi connectivity index (χ0v) is 17.1. The highest BCUT2D eigenvalue weighted by Gasteiger charge is 2.25. The molecule has 0 radical (unpaired) electrons. The first kappa shape index (κ1) is 20.5. The minimum absolute atomic E-state index is 0.0982. The van der Waals surface area contributed by atoms with E-state index in [0.717, 1.165) is 16.1 Å². The van der Waals surface area contributed by atoms with Crippen molar-refractivity contribution in [3.05, 3.63) is 66.2 Å². The summed E-state index contributed by atoms with van der Waals surface area (Å²) in [5.74, 6) is -0.426. The molecule has 1 atom stereocenters. The van der Waals surface area contributed by atoms with Crippen molar-refractivity contribution in [2.45, 2.75) is 26.4 Å². The van der Waals surface area contributed by atoms with E-state index in [9.17, 15) is 9.59 Å². The maximum absolute atomic E-state index is 12.7. The van der Waals surface area contributed by atoms with Gasteiger partial charge in [-0.1, -0.05) is 85.8 Å². The summed E-state index contributed by atoms with van der Waals surface area (Å²) in [6.07, 6.45) is 0. The molecule has 0 aliphatic rings. The molecule has 3 rings (SSSR count). The molecular weight excluding hydrogens is 386 g/mol. The average molecular weight is 410 g/mol. The summed E-state index contributed by atoms with van der Waals surface area (Å²) in [6.45, 7) is 4.13. The zero-order chi connectivity index (χ0) is 20.6. The number of benzene rings is 2. The molecule has 0 saturated heterocycles. The van der Waals surface area contributed by atoms with Crippen molar-refractivity contribution in [2.75, 3.05) is 5.32 Å². The van der Waals surface area contributed by atoms with Crippen LogP contribution in [0.1, 0.15) is 19.4 Å². The van der Waals surface area contributed by atoms with E-state index in [4.69, 9.17) is 0 Å². The molecule has 1 aromatic heterocycles. The van der Waals surface area contributed by atoms with Crippen LogP contribution in [0.25, 0.3) is 10.6 Å². The predicted octanol–water partition coefficient (Wildman–Crippen LogP) is 3.67. The lowest BCUT2D eigenvalue weighted by molar-refractivity contribution is -0.118. The van der Waals surface area contributed by atoms with Gasteiger partial charge in [-0.25, -0.2) is 4.79 Å². The van der Waals surface area contributed by atoms with Gasteiger partial charge in [0, 0.05) is 12.1 Å². The lowest BCUT2D eigenvalue weighted by Gasteiger charge is -2.21. The van der Waals surface area contributed by atoms with Crippen LogP contribution in [0.5, 0.6) is 0 Å². The summed E-state index contributed by atoms with van der Waals surface area (Å²) in [5.41, 5.74) is 1.92. The second-order valence-electron chi connectivity index (χ2n) is 6.80. The quantitative estimate of drug-likeness (QED) is 0.555. The largest absolute Gasteiger partial charge is 0.334 e. The van der Waals surface area contributed by atoms with Crippen LogP contribution >= 0.6 is 11.3 Å². The summed E-state index contributed by atoms with van der Waals surface area (Å²) < 4.78 is 0. The van der Waals surface area contributed by atoms with Crippen LogP contribution in [0.15, 0.2) is 60.7 Å². The molecule has 3 aromatic rings. The molecule has 150 valence electrons. The van der Waals surface area contributed by atoms with Gasteiger partial charge in [0.15, 0.2) is 0 Å². The van der Waals surface area contributed by atoms with Crippen LogP contribution in [0.4, 0.5) is 9.93 Å². The Morgan fingerprint density at radius 3 is 2.28 bits per heavy atom. The summed E-state index contributed by atoms with van der Waals surface area (Å²) in [6, 6.07) is 18.1. The van der Waals surface area contributed by atoms with E-state index >= 15 is 0 Å². The number of amides is 3. The first-order valence-corrected chi connectivity index (χ1v) is 10.1. The maximum Gasteiger partial charge on any atom is 0.315 e. The highest BCUT2D eigenvalue weighted by Crippen LogP contribution is 2.26. The molecule has 0 bridgehead atoms. The van der Waals surface area contributed by atoms with Crippen molar-refractivity contribution in [3.63, 3.8) is 0 Å². The SMILES string of the molecule is CC(C)C(NC(=O)NCc1ccccc1)C(=O)Nc1nnc(-c2ccccc2)s1. The second-order valence-corrected chi connectivity index (χ2v) is 7.78. The van der Waals surface area contributed by atoms with Crippen molar-refractivity contribution < 1.29 is 9.59 Å². The van der Waals surface area contributed by atoms with E-state index in [0.29, 0.717) is 11.7 Å². The number of anilines is 1. The Bertz CT molecular complexity index is 944. The van der Waals surface area contributed by atoms with Crippen molar-refractivity contribution >= 4 is 28.4 Å². The van der Waals surface area contributed by atoms with Crippen molar-refractivity contribution in [1.82, 2.24) is 20.8 Å². The number of carbonyl (C=O) groups is 2. The van der Waals surface area contributed by atoms with Crippen LogP contribution < -0.4 is 16.0 Å². The highest BCUT2D eigenvalue weighted by atomic mass is 32.1. The van der Waals surface area contributed by atoms with Gasteiger partial charge in [-0.05, 0) is 11.5 Å². The molecular formula is C21H23N5O2S. The molecule has 2 aromatic carbocycles. The molecule has 1 heterocycles. The normalized spacial score (nSPS) is 11.7. The standard InChI is InChI=1S/C21H23N5O2S/c1-14(2)17(23-20(28)22-13-15-9-5-3-6-10-15)18(27)24-21-26-25-19(29-21)16-11-7-4-8-12-16/h3-12,14,17H,13H2,1-2H3,(H2,22,23,28)(H,24,26,27). The minimum Gasteiger partial charge on any atom is -0.334 e. The van der Waals surface area contributed by atoms with Gasteiger partial charge in [0.05, 0.1) is 0 Å². The van der Waals surface area contributed by atoms with Gasteiger partial charge in [-0.3, -0.25) is 10.1 Å². The number of hydrogen-bond donors (Lipinski definition) is 3. The van der Waals surface area contributed by atoms with Gasteiger partial charge in [0.2, 0.25) is 11.0 Å². The lowest BCUT2D eigenvalue weighted by Crippen LogP contribution is -2.50. The smallest absolute Gasteiger partial charge is 0.315 e. The number of aromatic nitrogens is 2. The van der Waals surface area contributed by atoms with Crippen LogP contribution in [-0.4, -0.2) is 28.2 Å². The number of rotatable bonds is 7. The fourth-order valence-corrected chi connectivity index (χ4v) is 3.41.